The highest BCUT2D eigenvalue weighted by atomic mass is 16.5. The predicted octanol–water partition coefficient (Wildman–Crippen LogP) is 1.15. The molecule has 0 spiro atoms. The minimum absolute atomic E-state index is 0.345. The zero-order chi connectivity index (χ0) is 12.3. The minimum atomic E-state index is -0.368. The van der Waals surface area contributed by atoms with Gasteiger partial charge in [0.15, 0.2) is 0 Å². The first-order chi connectivity index (χ1) is 8.24. The molecular weight excluding hydrogens is 220 g/mol. The molecule has 0 radical (unpaired) electrons. The maximum atomic E-state index is 11.6. The van der Waals surface area contributed by atoms with Crippen molar-refractivity contribution in [3.8, 4) is 5.69 Å². The van der Waals surface area contributed by atoms with E-state index < -0.39 is 0 Å². The first-order valence-corrected chi connectivity index (χ1v) is 5.21. The first-order valence-electron chi connectivity index (χ1n) is 5.21. The molecule has 0 N–H and O–H groups in total. The van der Waals surface area contributed by atoms with E-state index in [2.05, 4.69) is 15.1 Å². The minimum Gasteiger partial charge on any atom is -0.462 e. The molecule has 0 fully saturated rings. The number of rotatable bonds is 3. The van der Waals surface area contributed by atoms with Crippen LogP contribution in [0.4, 0.5) is 0 Å². The molecule has 2 aromatic heterocycles. The van der Waals surface area contributed by atoms with Gasteiger partial charge in [0, 0.05) is 0 Å². The van der Waals surface area contributed by atoms with E-state index in [1.807, 2.05) is 0 Å². The van der Waals surface area contributed by atoms with Crippen molar-refractivity contribution in [1.82, 2.24) is 19.7 Å². The second kappa shape index (κ2) is 4.73. The lowest BCUT2D eigenvalue weighted by atomic mass is 10.2. The zero-order valence-corrected chi connectivity index (χ0v) is 9.62. The summed E-state index contributed by atoms with van der Waals surface area (Å²) in [7, 11) is 0. The number of carbonyl (C=O) groups excluding carboxylic acids is 1. The van der Waals surface area contributed by atoms with Crippen LogP contribution in [0.1, 0.15) is 23.0 Å². The highest BCUT2D eigenvalue weighted by molar-refractivity contribution is 5.90. The van der Waals surface area contributed by atoms with Crippen molar-refractivity contribution >= 4 is 5.97 Å². The summed E-state index contributed by atoms with van der Waals surface area (Å²) in [5.41, 5.74) is 1.87. The van der Waals surface area contributed by atoms with Crippen molar-refractivity contribution in [2.24, 2.45) is 0 Å². The number of esters is 1. The molecule has 0 unspecified atom stereocenters. The fourth-order valence-corrected chi connectivity index (χ4v) is 1.48. The quantitative estimate of drug-likeness (QED) is 0.742. The molecule has 6 heteroatoms. The Bertz CT molecular complexity index is 522. The molecule has 0 atom stereocenters. The SMILES string of the molecule is CCOC(=O)c1cnn(-c2cncnc2)c1C. The average Bonchev–Trinajstić information content (AvgIpc) is 2.72. The number of hydrogen-bond donors (Lipinski definition) is 0. The predicted molar refractivity (Wildman–Crippen MR) is 59.8 cm³/mol. The van der Waals surface area contributed by atoms with E-state index in [0.717, 1.165) is 0 Å². The first kappa shape index (κ1) is 11.3. The molecule has 6 nitrogen and oxygen atoms in total. The average molecular weight is 232 g/mol. The zero-order valence-electron chi connectivity index (χ0n) is 9.62. The van der Waals surface area contributed by atoms with E-state index >= 15 is 0 Å². The second-order valence-electron chi connectivity index (χ2n) is 3.37. The van der Waals surface area contributed by atoms with E-state index in [9.17, 15) is 4.79 Å². The van der Waals surface area contributed by atoms with Crippen LogP contribution in [0.2, 0.25) is 0 Å². The topological polar surface area (TPSA) is 69.9 Å². The lowest BCUT2D eigenvalue weighted by Gasteiger charge is -2.03. The van der Waals surface area contributed by atoms with Crippen molar-refractivity contribution in [1.29, 1.82) is 0 Å². The van der Waals surface area contributed by atoms with Crippen LogP contribution in [-0.4, -0.2) is 32.3 Å². The lowest BCUT2D eigenvalue weighted by Crippen LogP contribution is -2.07. The maximum Gasteiger partial charge on any atom is 0.341 e. The van der Waals surface area contributed by atoms with Crippen molar-refractivity contribution in [2.45, 2.75) is 13.8 Å². The van der Waals surface area contributed by atoms with Gasteiger partial charge in [0.05, 0.1) is 30.9 Å². The number of aromatic nitrogens is 4. The summed E-state index contributed by atoms with van der Waals surface area (Å²) in [5, 5.41) is 4.13. The van der Waals surface area contributed by atoms with Crippen LogP contribution >= 0.6 is 0 Å². The van der Waals surface area contributed by atoms with Crippen molar-refractivity contribution in [3.05, 3.63) is 36.2 Å². The van der Waals surface area contributed by atoms with Gasteiger partial charge in [-0.25, -0.2) is 19.4 Å². The van der Waals surface area contributed by atoms with Gasteiger partial charge in [-0.15, -0.1) is 0 Å². The number of ether oxygens (including phenoxy) is 1. The van der Waals surface area contributed by atoms with E-state index in [4.69, 9.17) is 4.74 Å². The van der Waals surface area contributed by atoms with Crippen LogP contribution in [0.25, 0.3) is 5.69 Å². The molecule has 2 aromatic rings. The number of carbonyl (C=O) groups is 1. The highest BCUT2D eigenvalue weighted by Gasteiger charge is 2.15. The van der Waals surface area contributed by atoms with Gasteiger partial charge in [-0.1, -0.05) is 0 Å². The molecule has 0 aliphatic carbocycles. The third kappa shape index (κ3) is 2.15. The van der Waals surface area contributed by atoms with Gasteiger partial charge in [0.1, 0.15) is 17.6 Å². The molecule has 0 aromatic carbocycles. The Hall–Kier alpha value is -2.24. The van der Waals surface area contributed by atoms with Crippen molar-refractivity contribution in [3.63, 3.8) is 0 Å². The van der Waals surface area contributed by atoms with Gasteiger partial charge in [0.2, 0.25) is 0 Å². The van der Waals surface area contributed by atoms with Crippen molar-refractivity contribution in [2.75, 3.05) is 6.61 Å². The second-order valence-corrected chi connectivity index (χ2v) is 3.37. The van der Waals surface area contributed by atoms with E-state index in [1.165, 1.54) is 12.5 Å². The Labute approximate surface area is 98.3 Å². The molecule has 0 saturated carbocycles. The van der Waals surface area contributed by atoms with Gasteiger partial charge in [-0.05, 0) is 13.8 Å². The van der Waals surface area contributed by atoms with Crippen LogP contribution in [0.15, 0.2) is 24.9 Å². The molecule has 2 heterocycles. The summed E-state index contributed by atoms with van der Waals surface area (Å²) in [6, 6.07) is 0. The molecule has 17 heavy (non-hydrogen) atoms. The third-order valence-electron chi connectivity index (χ3n) is 2.30. The molecule has 88 valence electrons. The molecule has 0 bridgehead atoms. The highest BCUT2D eigenvalue weighted by Crippen LogP contribution is 2.13. The van der Waals surface area contributed by atoms with Crippen LogP contribution < -0.4 is 0 Å². The number of nitrogens with zero attached hydrogens (tertiary/aromatic N) is 4. The Morgan fingerprint density at radius 1 is 1.35 bits per heavy atom. The lowest BCUT2D eigenvalue weighted by molar-refractivity contribution is 0.0525. The summed E-state index contributed by atoms with van der Waals surface area (Å²) in [4.78, 5) is 19.4. The van der Waals surface area contributed by atoms with Gasteiger partial charge in [-0.2, -0.15) is 5.10 Å². The van der Waals surface area contributed by atoms with Crippen molar-refractivity contribution < 1.29 is 9.53 Å². The van der Waals surface area contributed by atoms with Crippen LogP contribution in [0.3, 0.4) is 0 Å². The fraction of sp³-hybridized carbons (Fsp3) is 0.273. The normalized spacial score (nSPS) is 10.2. The fourth-order valence-electron chi connectivity index (χ4n) is 1.48. The van der Waals surface area contributed by atoms with E-state index in [-0.39, 0.29) is 5.97 Å². The Morgan fingerprint density at radius 3 is 2.71 bits per heavy atom. The molecule has 0 saturated heterocycles. The monoisotopic (exact) mass is 232 g/mol. The summed E-state index contributed by atoms with van der Waals surface area (Å²) >= 11 is 0. The van der Waals surface area contributed by atoms with E-state index in [0.29, 0.717) is 23.6 Å². The summed E-state index contributed by atoms with van der Waals surface area (Å²) in [5.74, 6) is -0.368. The number of hydrogen-bond acceptors (Lipinski definition) is 5. The van der Waals surface area contributed by atoms with Crippen LogP contribution in [0, 0.1) is 6.92 Å². The molecule has 0 aliphatic heterocycles. The van der Waals surface area contributed by atoms with Gasteiger partial charge >= 0.3 is 5.97 Å². The van der Waals surface area contributed by atoms with Gasteiger partial charge in [0.25, 0.3) is 0 Å². The molecule has 2 rings (SSSR count). The Balaban J connectivity index is 2.37. The summed E-state index contributed by atoms with van der Waals surface area (Å²) in [6.07, 6.45) is 6.18. The third-order valence-corrected chi connectivity index (χ3v) is 2.30. The smallest absolute Gasteiger partial charge is 0.341 e. The van der Waals surface area contributed by atoms with Crippen LogP contribution in [-0.2, 0) is 4.74 Å². The Morgan fingerprint density at radius 2 is 2.06 bits per heavy atom. The molecule has 0 aliphatic rings. The Kier molecular flexibility index (Phi) is 3.13. The summed E-state index contributed by atoms with van der Waals surface area (Å²) < 4.78 is 6.54. The maximum absolute atomic E-state index is 11.6. The molecular formula is C11H12N4O2. The van der Waals surface area contributed by atoms with Gasteiger partial charge in [-0.3, -0.25) is 0 Å². The van der Waals surface area contributed by atoms with Gasteiger partial charge < -0.3 is 4.74 Å². The largest absolute Gasteiger partial charge is 0.462 e. The summed E-state index contributed by atoms with van der Waals surface area (Å²) in [6.45, 7) is 3.91. The molecule has 0 amide bonds. The standard InChI is InChI=1S/C11H12N4O2/c1-3-17-11(16)10-6-14-15(8(10)2)9-4-12-7-13-5-9/h4-7H,3H2,1-2H3. The van der Waals surface area contributed by atoms with Crippen LogP contribution in [0.5, 0.6) is 0 Å². The van der Waals surface area contributed by atoms with E-state index in [1.54, 1.807) is 30.9 Å².